The van der Waals surface area contributed by atoms with E-state index in [9.17, 15) is 17.6 Å². The van der Waals surface area contributed by atoms with Crippen molar-refractivity contribution >= 4 is 21.6 Å². The van der Waals surface area contributed by atoms with Crippen molar-refractivity contribution < 1.29 is 17.6 Å². The Hall–Kier alpha value is -2.41. The molecule has 0 heterocycles. The zero-order valence-corrected chi connectivity index (χ0v) is 15.2. The van der Waals surface area contributed by atoms with Gasteiger partial charge in [0.1, 0.15) is 5.82 Å². The standard InChI is InChI=1S/C18H21FN2O3S/c1-13-7-6-10-17(14(13)2)21(25(3,23)24)12-11-20-18(22)15-8-4-5-9-16(15)19/h4-10H,11-12H2,1-3H3,(H,20,22). The topological polar surface area (TPSA) is 66.5 Å². The van der Waals surface area contributed by atoms with E-state index in [1.807, 2.05) is 19.9 Å². The molecule has 5 nitrogen and oxygen atoms in total. The number of hydrogen-bond acceptors (Lipinski definition) is 3. The highest BCUT2D eigenvalue weighted by molar-refractivity contribution is 7.92. The third-order valence-electron chi connectivity index (χ3n) is 3.96. The lowest BCUT2D eigenvalue weighted by Crippen LogP contribution is -2.38. The number of nitrogens with zero attached hydrogens (tertiary/aromatic N) is 1. The Labute approximate surface area is 147 Å². The molecule has 0 aromatic heterocycles. The van der Waals surface area contributed by atoms with Crippen molar-refractivity contribution in [2.75, 3.05) is 23.7 Å². The quantitative estimate of drug-likeness (QED) is 0.857. The summed E-state index contributed by atoms with van der Waals surface area (Å²) in [5.41, 5.74) is 2.33. The van der Waals surface area contributed by atoms with Gasteiger partial charge in [-0.1, -0.05) is 24.3 Å². The molecule has 0 spiro atoms. The average molecular weight is 364 g/mol. The first kappa shape index (κ1) is 18.9. The molecule has 0 radical (unpaired) electrons. The van der Waals surface area contributed by atoms with Gasteiger partial charge in [-0.05, 0) is 43.2 Å². The van der Waals surface area contributed by atoms with Crippen LogP contribution in [-0.4, -0.2) is 33.7 Å². The van der Waals surface area contributed by atoms with Crippen molar-refractivity contribution in [3.05, 3.63) is 65.0 Å². The lowest BCUT2D eigenvalue weighted by atomic mass is 10.1. The molecule has 25 heavy (non-hydrogen) atoms. The van der Waals surface area contributed by atoms with Gasteiger partial charge in [0.2, 0.25) is 10.0 Å². The lowest BCUT2D eigenvalue weighted by Gasteiger charge is -2.25. The third-order valence-corrected chi connectivity index (χ3v) is 5.14. The predicted octanol–water partition coefficient (Wildman–Crippen LogP) is 2.64. The van der Waals surface area contributed by atoms with Crippen LogP contribution in [0.2, 0.25) is 0 Å². The molecule has 0 fully saturated rings. The molecule has 0 saturated heterocycles. The van der Waals surface area contributed by atoms with Crippen molar-refractivity contribution in [2.24, 2.45) is 0 Å². The first-order chi connectivity index (χ1) is 11.7. The minimum atomic E-state index is -3.52. The highest BCUT2D eigenvalue weighted by atomic mass is 32.2. The van der Waals surface area contributed by atoms with Crippen LogP contribution in [0.15, 0.2) is 42.5 Å². The molecule has 2 aromatic rings. The normalized spacial score (nSPS) is 11.2. The van der Waals surface area contributed by atoms with Gasteiger partial charge >= 0.3 is 0 Å². The third kappa shape index (κ3) is 4.57. The summed E-state index contributed by atoms with van der Waals surface area (Å²) in [5, 5.41) is 2.56. The lowest BCUT2D eigenvalue weighted by molar-refractivity contribution is 0.0951. The fourth-order valence-corrected chi connectivity index (χ4v) is 3.46. The van der Waals surface area contributed by atoms with E-state index in [-0.39, 0.29) is 18.7 Å². The van der Waals surface area contributed by atoms with Crippen molar-refractivity contribution in [3.63, 3.8) is 0 Å². The number of hydrogen-bond donors (Lipinski definition) is 1. The van der Waals surface area contributed by atoms with Crippen LogP contribution in [0.25, 0.3) is 0 Å². The van der Waals surface area contributed by atoms with E-state index in [0.717, 1.165) is 17.4 Å². The van der Waals surface area contributed by atoms with E-state index in [0.29, 0.717) is 5.69 Å². The predicted molar refractivity (Wildman–Crippen MR) is 96.8 cm³/mol. The number of carbonyl (C=O) groups excluding carboxylic acids is 1. The van der Waals surface area contributed by atoms with Crippen LogP contribution in [0.4, 0.5) is 10.1 Å². The largest absolute Gasteiger partial charge is 0.350 e. The number of halogens is 1. The Bertz CT molecular complexity index is 882. The summed E-state index contributed by atoms with van der Waals surface area (Å²) in [6.07, 6.45) is 1.12. The first-order valence-corrected chi connectivity index (χ1v) is 9.63. The van der Waals surface area contributed by atoms with Crippen molar-refractivity contribution in [1.82, 2.24) is 5.32 Å². The van der Waals surface area contributed by atoms with Gasteiger partial charge in [0.15, 0.2) is 0 Å². The van der Waals surface area contributed by atoms with Crippen LogP contribution in [-0.2, 0) is 10.0 Å². The van der Waals surface area contributed by atoms with Crippen molar-refractivity contribution in [3.8, 4) is 0 Å². The van der Waals surface area contributed by atoms with E-state index in [1.54, 1.807) is 18.2 Å². The molecule has 1 amide bonds. The molecular weight excluding hydrogens is 343 g/mol. The highest BCUT2D eigenvalue weighted by Crippen LogP contribution is 2.24. The molecule has 7 heteroatoms. The molecular formula is C18H21FN2O3S. The van der Waals surface area contributed by atoms with Gasteiger partial charge in [-0.3, -0.25) is 9.10 Å². The van der Waals surface area contributed by atoms with Crippen LogP contribution in [0.3, 0.4) is 0 Å². The summed E-state index contributed by atoms with van der Waals surface area (Å²) in [4.78, 5) is 12.0. The van der Waals surface area contributed by atoms with E-state index >= 15 is 0 Å². The average Bonchev–Trinajstić information content (AvgIpc) is 2.54. The molecule has 0 aliphatic heterocycles. The van der Waals surface area contributed by atoms with Gasteiger partial charge in [-0.15, -0.1) is 0 Å². The van der Waals surface area contributed by atoms with Crippen LogP contribution in [0, 0.1) is 19.7 Å². The summed E-state index contributed by atoms with van der Waals surface area (Å²) in [5.74, 6) is -1.19. The van der Waals surface area contributed by atoms with E-state index in [4.69, 9.17) is 0 Å². The zero-order chi connectivity index (χ0) is 18.6. The van der Waals surface area contributed by atoms with Gasteiger partial charge in [0.25, 0.3) is 5.91 Å². The maximum Gasteiger partial charge on any atom is 0.254 e. The van der Waals surface area contributed by atoms with Crippen LogP contribution in [0.1, 0.15) is 21.5 Å². The van der Waals surface area contributed by atoms with Gasteiger partial charge in [-0.25, -0.2) is 12.8 Å². The summed E-state index contributed by atoms with van der Waals surface area (Å²) in [7, 11) is -3.52. The Balaban J connectivity index is 2.13. The second-order valence-electron chi connectivity index (χ2n) is 5.79. The number of aryl methyl sites for hydroxylation is 1. The molecule has 1 N–H and O–H groups in total. The van der Waals surface area contributed by atoms with E-state index < -0.39 is 21.7 Å². The molecule has 0 unspecified atom stereocenters. The molecule has 2 rings (SSSR count). The minimum Gasteiger partial charge on any atom is -0.350 e. The molecule has 0 saturated carbocycles. The molecule has 2 aromatic carbocycles. The molecule has 0 aliphatic rings. The zero-order valence-electron chi connectivity index (χ0n) is 14.4. The smallest absolute Gasteiger partial charge is 0.254 e. The van der Waals surface area contributed by atoms with Crippen LogP contribution < -0.4 is 9.62 Å². The van der Waals surface area contributed by atoms with E-state index in [1.165, 1.54) is 22.5 Å². The molecule has 0 aliphatic carbocycles. The summed E-state index contributed by atoms with van der Waals surface area (Å²) in [6, 6.07) is 11.1. The van der Waals surface area contributed by atoms with Crippen molar-refractivity contribution in [1.29, 1.82) is 0 Å². The minimum absolute atomic E-state index is 0.0588. The van der Waals surface area contributed by atoms with Crippen LogP contribution in [0.5, 0.6) is 0 Å². The fourth-order valence-electron chi connectivity index (χ4n) is 2.48. The maximum atomic E-state index is 13.6. The van der Waals surface area contributed by atoms with Gasteiger partial charge in [0.05, 0.1) is 24.1 Å². The number of benzene rings is 2. The van der Waals surface area contributed by atoms with Gasteiger partial charge in [0, 0.05) is 6.54 Å². The van der Waals surface area contributed by atoms with Crippen molar-refractivity contribution in [2.45, 2.75) is 13.8 Å². The first-order valence-electron chi connectivity index (χ1n) is 7.78. The monoisotopic (exact) mass is 364 g/mol. The molecule has 134 valence electrons. The molecule has 0 atom stereocenters. The number of rotatable bonds is 6. The fraction of sp³-hybridized carbons (Fsp3) is 0.278. The Morgan fingerprint density at radius 3 is 2.44 bits per heavy atom. The Kier molecular flexibility index (Phi) is 5.79. The number of carbonyl (C=O) groups is 1. The summed E-state index contributed by atoms with van der Waals surface area (Å²) >= 11 is 0. The second kappa shape index (κ2) is 7.65. The number of anilines is 1. The van der Waals surface area contributed by atoms with Gasteiger partial charge in [-0.2, -0.15) is 0 Å². The second-order valence-corrected chi connectivity index (χ2v) is 7.70. The van der Waals surface area contributed by atoms with Crippen LogP contribution >= 0.6 is 0 Å². The summed E-state index contributed by atoms with van der Waals surface area (Å²) < 4.78 is 39.2. The highest BCUT2D eigenvalue weighted by Gasteiger charge is 2.20. The summed E-state index contributed by atoms with van der Waals surface area (Å²) in [6.45, 7) is 3.87. The Morgan fingerprint density at radius 1 is 1.12 bits per heavy atom. The number of nitrogens with one attached hydrogen (secondary N) is 1. The number of sulfonamides is 1. The molecule has 0 bridgehead atoms. The number of amides is 1. The SMILES string of the molecule is Cc1cccc(N(CCNC(=O)c2ccccc2F)S(C)(=O)=O)c1C. The van der Waals surface area contributed by atoms with Gasteiger partial charge < -0.3 is 5.32 Å². The van der Waals surface area contributed by atoms with E-state index in [2.05, 4.69) is 5.32 Å². The Morgan fingerprint density at radius 2 is 1.80 bits per heavy atom. The maximum absolute atomic E-state index is 13.6.